The first kappa shape index (κ1) is 17.4. The Labute approximate surface area is 129 Å². The van der Waals surface area contributed by atoms with Crippen LogP contribution in [-0.2, 0) is 6.42 Å². The third-order valence-corrected chi connectivity index (χ3v) is 3.80. The normalized spacial score (nSPS) is 19.1. The van der Waals surface area contributed by atoms with Gasteiger partial charge in [-0.3, -0.25) is 0 Å². The largest absolute Gasteiger partial charge is 0.340 e. The Balaban J connectivity index is 2.55. The maximum atomic E-state index is 14.1. The molecule has 0 aromatic heterocycles. The zero-order chi connectivity index (χ0) is 17.4. The number of allylic oxidation sites excluding steroid dienone is 5. The van der Waals surface area contributed by atoms with Gasteiger partial charge in [-0.05, 0) is 25.3 Å². The van der Waals surface area contributed by atoms with E-state index in [1.807, 2.05) is 0 Å². The smallest absolute Gasteiger partial charge is 0.203 e. The summed E-state index contributed by atoms with van der Waals surface area (Å²) in [4.78, 5) is 0. The number of halogens is 6. The number of hydrogen-bond donors (Lipinski definition) is 0. The van der Waals surface area contributed by atoms with Gasteiger partial charge in [0.05, 0.1) is 0 Å². The Bertz CT molecular complexity index is 697. The lowest BCUT2D eigenvalue weighted by Crippen LogP contribution is -2.44. The van der Waals surface area contributed by atoms with E-state index in [4.69, 9.17) is 0 Å². The predicted octanol–water partition coefficient (Wildman–Crippen LogP) is 5.70. The molecule has 0 amide bonds. The van der Waals surface area contributed by atoms with Gasteiger partial charge in [-0.25, -0.2) is 8.78 Å². The number of hydrogen-bond acceptors (Lipinski definition) is 0. The van der Waals surface area contributed by atoms with E-state index in [0.29, 0.717) is 12.5 Å². The van der Waals surface area contributed by atoms with E-state index >= 15 is 0 Å². The highest BCUT2D eigenvalue weighted by Crippen LogP contribution is 2.50. The van der Waals surface area contributed by atoms with Gasteiger partial charge in [-0.2, -0.15) is 17.6 Å². The van der Waals surface area contributed by atoms with Crippen LogP contribution in [0.2, 0.25) is 0 Å². The third-order valence-electron chi connectivity index (χ3n) is 3.80. The lowest BCUT2D eigenvalue weighted by molar-refractivity contribution is -0.148. The number of benzene rings is 1. The van der Waals surface area contributed by atoms with Crippen LogP contribution in [-0.4, -0.2) is 11.8 Å². The van der Waals surface area contributed by atoms with Crippen LogP contribution in [0.5, 0.6) is 0 Å². The van der Waals surface area contributed by atoms with E-state index in [9.17, 15) is 26.3 Å². The summed E-state index contributed by atoms with van der Waals surface area (Å²) in [5, 5.41) is 0. The van der Waals surface area contributed by atoms with Crippen LogP contribution in [0.15, 0.2) is 42.5 Å². The molecule has 0 saturated heterocycles. The molecule has 0 fully saturated rings. The molecule has 6 heteroatoms. The van der Waals surface area contributed by atoms with E-state index in [1.165, 1.54) is 6.08 Å². The molecule has 2 rings (SSSR count). The standard InChI is InChI=1S/C17H14F6/c1-3-4-5-11-7-8-12(15(19)14(11)18)13-9-6-10(2)16(20,21)17(13,22)23/h3,6-9H,1,4-5H2,2H3. The summed E-state index contributed by atoms with van der Waals surface area (Å²) in [6, 6.07) is 2.03. The molecule has 1 aromatic rings. The van der Waals surface area contributed by atoms with Crippen molar-refractivity contribution in [3.63, 3.8) is 0 Å². The lowest BCUT2D eigenvalue weighted by atomic mass is 9.86. The van der Waals surface area contributed by atoms with Gasteiger partial charge in [-0.1, -0.05) is 30.4 Å². The fraction of sp³-hybridized carbons (Fsp3) is 0.294. The van der Waals surface area contributed by atoms with E-state index in [2.05, 4.69) is 6.58 Å². The molecule has 0 bridgehead atoms. The zero-order valence-corrected chi connectivity index (χ0v) is 12.3. The van der Waals surface area contributed by atoms with Gasteiger partial charge >= 0.3 is 11.8 Å². The quantitative estimate of drug-likeness (QED) is 0.490. The second-order valence-corrected chi connectivity index (χ2v) is 5.31. The summed E-state index contributed by atoms with van der Waals surface area (Å²) in [6.07, 6.45) is 3.49. The van der Waals surface area contributed by atoms with E-state index in [0.717, 1.165) is 25.1 Å². The summed E-state index contributed by atoms with van der Waals surface area (Å²) in [5.74, 6) is -11.9. The van der Waals surface area contributed by atoms with Gasteiger partial charge in [0.1, 0.15) is 0 Å². The monoisotopic (exact) mass is 332 g/mol. The van der Waals surface area contributed by atoms with Crippen molar-refractivity contribution in [1.82, 2.24) is 0 Å². The van der Waals surface area contributed by atoms with Crippen molar-refractivity contribution in [2.75, 3.05) is 0 Å². The van der Waals surface area contributed by atoms with Gasteiger partial charge in [0.2, 0.25) is 0 Å². The van der Waals surface area contributed by atoms with E-state index < -0.39 is 40.2 Å². The van der Waals surface area contributed by atoms with E-state index in [-0.39, 0.29) is 12.0 Å². The first-order valence-corrected chi connectivity index (χ1v) is 6.88. The summed E-state index contributed by atoms with van der Waals surface area (Å²) in [6.45, 7) is 4.30. The van der Waals surface area contributed by atoms with Gasteiger partial charge in [0.15, 0.2) is 11.6 Å². The van der Waals surface area contributed by atoms with Crippen LogP contribution in [0.25, 0.3) is 5.57 Å². The van der Waals surface area contributed by atoms with Crippen LogP contribution in [0.1, 0.15) is 24.5 Å². The summed E-state index contributed by atoms with van der Waals surface area (Å²) < 4.78 is 83.6. The van der Waals surface area contributed by atoms with Crippen LogP contribution in [0.3, 0.4) is 0 Å². The fourth-order valence-corrected chi connectivity index (χ4v) is 2.34. The number of rotatable bonds is 4. The van der Waals surface area contributed by atoms with Crippen LogP contribution < -0.4 is 0 Å². The van der Waals surface area contributed by atoms with Crippen LogP contribution in [0, 0.1) is 11.6 Å². The molecule has 1 aromatic carbocycles. The van der Waals surface area contributed by atoms with E-state index in [1.54, 1.807) is 0 Å². The average Bonchev–Trinajstić information content (AvgIpc) is 2.48. The summed E-state index contributed by atoms with van der Waals surface area (Å²) in [7, 11) is 0. The fourth-order valence-electron chi connectivity index (χ4n) is 2.34. The Hall–Kier alpha value is -1.98. The van der Waals surface area contributed by atoms with Crippen molar-refractivity contribution < 1.29 is 26.3 Å². The molecule has 0 aliphatic heterocycles. The molecule has 23 heavy (non-hydrogen) atoms. The highest BCUT2D eigenvalue weighted by atomic mass is 19.3. The second kappa shape index (κ2) is 5.91. The zero-order valence-electron chi connectivity index (χ0n) is 12.3. The topological polar surface area (TPSA) is 0 Å². The molecule has 0 heterocycles. The minimum atomic E-state index is -4.62. The van der Waals surface area contributed by atoms with Crippen molar-refractivity contribution in [3.8, 4) is 0 Å². The molecule has 0 radical (unpaired) electrons. The average molecular weight is 332 g/mol. The highest BCUT2D eigenvalue weighted by molar-refractivity contribution is 5.76. The molecule has 1 aliphatic carbocycles. The predicted molar refractivity (Wildman–Crippen MR) is 76.5 cm³/mol. The van der Waals surface area contributed by atoms with Gasteiger partial charge < -0.3 is 0 Å². The highest BCUT2D eigenvalue weighted by Gasteiger charge is 2.61. The van der Waals surface area contributed by atoms with Crippen molar-refractivity contribution in [3.05, 3.63) is 65.3 Å². The number of aryl methyl sites for hydroxylation is 1. The Kier molecular flexibility index (Phi) is 4.46. The Morgan fingerprint density at radius 3 is 2.26 bits per heavy atom. The van der Waals surface area contributed by atoms with Crippen LogP contribution in [0.4, 0.5) is 26.3 Å². The SMILES string of the molecule is C=CCCc1ccc(C2=CC=C(C)C(F)(F)C2(F)F)c(F)c1F. The number of alkyl halides is 4. The molecule has 0 saturated carbocycles. The van der Waals surface area contributed by atoms with Crippen molar-refractivity contribution in [1.29, 1.82) is 0 Å². The molecular weight excluding hydrogens is 318 g/mol. The third kappa shape index (κ3) is 2.71. The summed E-state index contributed by atoms with van der Waals surface area (Å²) >= 11 is 0. The minimum Gasteiger partial charge on any atom is -0.203 e. The van der Waals surface area contributed by atoms with Gasteiger partial charge in [0, 0.05) is 16.7 Å². The maximum Gasteiger partial charge on any atom is 0.340 e. The lowest BCUT2D eigenvalue weighted by Gasteiger charge is -2.32. The molecule has 0 N–H and O–H groups in total. The maximum absolute atomic E-state index is 14.1. The second-order valence-electron chi connectivity index (χ2n) is 5.31. The first-order chi connectivity index (χ1) is 10.6. The molecule has 1 aliphatic rings. The van der Waals surface area contributed by atoms with Crippen molar-refractivity contribution in [2.24, 2.45) is 0 Å². The first-order valence-electron chi connectivity index (χ1n) is 6.88. The molecule has 124 valence electrons. The summed E-state index contributed by atoms with van der Waals surface area (Å²) in [5.41, 5.74) is -2.96. The molecule has 0 nitrogen and oxygen atoms in total. The van der Waals surface area contributed by atoms with Crippen LogP contribution >= 0.6 is 0 Å². The molecule has 0 unspecified atom stereocenters. The molecule has 0 atom stereocenters. The molecular formula is C17H14F6. The molecule has 0 spiro atoms. The van der Waals surface area contributed by atoms with Gasteiger partial charge in [-0.15, -0.1) is 6.58 Å². The Morgan fingerprint density at radius 1 is 1.00 bits per heavy atom. The van der Waals surface area contributed by atoms with Crippen molar-refractivity contribution >= 4 is 5.57 Å². The minimum absolute atomic E-state index is 0.0237. The van der Waals surface area contributed by atoms with Crippen molar-refractivity contribution in [2.45, 2.75) is 31.6 Å². The van der Waals surface area contributed by atoms with Gasteiger partial charge in [0.25, 0.3) is 0 Å². The Morgan fingerprint density at radius 2 is 1.65 bits per heavy atom.